The summed E-state index contributed by atoms with van der Waals surface area (Å²) in [5.74, 6) is 2.93. The fourth-order valence-corrected chi connectivity index (χ4v) is 9.79. The number of aryl methyl sites for hydroxylation is 1. The molecule has 6 aromatic carbocycles. The third kappa shape index (κ3) is 6.21. The van der Waals surface area contributed by atoms with Gasteiger partial charge in [-0.25, -0.2) is 0 Å². The number of ether oxygens (including phenoxy) is 4. The van der Waals surface area contributed by atoms with Crippen molar-refractivity contribution in [2.75, 3.05) is 27.5 Å². The van der Waals surface area contributed by atoms with Crippen LogP contribution in [-0.4, -0.2) is 27.5 Å². The summed E-state index contributed by atoms with van der Waals surface area (Å²) in [5, 5.41) is 9.59. The first kappa shape index (κ1) is 37.5. The van der Waals surface area contributed by atoms with Gasteiger partial charge in [0.05, 0.1) is 14.2 Å². The van der Waals surface area contributed by atoms with Crippen LogP contribution in [-0.2, 0) is 11.0 Å². The van der Waals surface area contributed by atoms with Gasteiger partial charge in [-0.05, 0) is 119 Å². The van der Waals surface area contributed by atoms with E-state index in [1.54, 1.807) is 14.2 Å². The Hall–Kier alpha value is -7.12. The Bertz CT molecular complexity index is 2770. The van der Waals surface area contributed by atoms with Crippen molar-refractivity contribution in [1.82, 2.24) is 0 Å². The Morgan fingerprint density at radius 3 is 2.22 bits per heavy atom. The first-order valence-electron chi connectivity index (χ1n) is 19.7. The molecule has 10 heteroatoms. The van der Waals surface area contributed by atoms with Crippen molar-refractivity contribution in [2.45, 2.75) is 37.2 Å². The number of nitrogens with zero attached hydrogens (tertiary/aromatic N) is 6. The second-order valence-electron chi connectivity index (χ2n) is 15.6. The number of rotatable bonds is 10. The van der Waals surface area contributed by atoms with E-state index in [1.807, 2.05) is 48.5 Å². The lowest BCUT2D eigenvalue weighted by Gasteiger charge is -2.43. The molecule has 1 heterocycles. The van der Waals surface area contributed by atoms with Gasteiger partial charge in [0.25, 0.3) is 0 Å². The van der Waals surface area contributed by atoms with E-state index in [-0.39, 0.29) is 12.6 Å². The number of hydrogen-bond acceptors (Lipinski definition) is 6. The molecular weight excluding hydrogens is 737 g/mol. The highest BCUT2D eigenvalue weighted by molar-refractivity contribution is 6.10. The van der Waals surface area contributed by atoms with Crippen molar-refractivity contribution in [2.24, 2.45) is 16.1 Å². The number of methoxy groups -OCH3 is 2. The summed E-state index contributed by atoms with van der Waals surface area (Å²) in [5.41, 5.74) is 28.5. The van der Waals surface area contributed by atoms with Gasteiger partial charge in [0.15, 0.2) is 12.3 Å². The number of benzene rings is 6. The number of hydrogen-bond donors (Lipinski definition) is 0. The van der Waals surface area contributed by atoms with Crippen molar-refractivity contribution in [3.05, 3.63) is 182 Å². The zero-order valence-corrected chi connectivity index (χ0v) is 33.2. The minimum atomic E-state index is -1.08. The molecule has 1 spiro atoms. The number of fused-ring (bicyclic) bond motifs is 10. The molecule has 0 bridgehead atoms. The standard InChI is InChI=1S/C49H42N6O4/c1-30-9-11-33(12-10-30)40-24-42-41(25-44(40)57-4)45-38-7-5-6-8-43(38)48(26-31(2)23-32(27-48)28-52-54-50)46(45)39-21-22-49(59-47(39)42,34-13-17-36(56-3)18-14-34)35-15-19-37(20-16-35)58-29-53-55-51/h5-22,24-25,32H,2,23,26-29H2,1,3-4H3. The van der Waals surface area contributed by atoms with Crippen LogP contribution in [0.1, 0.15) is 52.6 Å². The lowest BCUT2D eigenvalue weighted by molar-refractivity contribution is 0.163. The van der Waals surface area contributed by atoms with Gasteiger partial charge in [0.2, 0.25) is 0 Å². The fraction of sp³-hybridized carbons (Fsp3) is 0.224. The van der Waals surface area contributed by atoms with E-state index in [0.717, 1.165) is 86.2 Å². The van der Waals surface area contributed by atoms with Crippen molar-refractivity contribution in [3.63, 3.8) is 0 Å². The highest BCUT2D eigenvalue weighted by Crippen LogP contribution is 2.63. The van der Waals surface area contributed by atoms with Crippen LogP contribution < -0.4 is 18.9 Å². The van der Waals surface area contributed by atoms with Gasteiger partial charge in [-0.1, -0.05) is 107 Å². The molecule has 1 fully saturated rings. The minimum Gasteiger partial charge on any atom is -0.497 e. The van der Waals surface area contributed by atoms with Crippen molar-refractivity contribution < 1.29 is 18.9 Å². The molecule has 3 unspecified atom stereocenters. The smallest absolute Gasteiger partial charge is 0.178 e. The Kier molecular flexibility index (Phi) is 9.52. The van der Waals surface area contributed by atoms with Crippen LogP contribution in [0.4, 0.5) is 0 Å². The van der Waals surface area contributed by atoms with Crippen LogP contribution in [0.3, 0.4) is 0 Å². The second-order valence-corrected chi connectivity index (χ2v) is 15.6. The van der Waals surface area contributed by atoms with E-state index in [2.05, 4.69) is 106 Å². The zero-order chi connectivity index (χ0) is 40.7. The van der Waals surface area contributed by atoms with Crippen molar-refractivity contribution in [3.8, 4) is 45.3 Å². The van der Waals surface area contributed by atoms with E-state index < -0.39 is 11.0 Å². The molecule has 1 aliphatic heterocycles. The molecular formula is C49H42N6O4. The summed E-state index contributed by atoms with van der Waals surface area (Å²) in [6.07, 6.45) is 6.76. The molecule has 1 saturated carbocycles. The van der Waals surface area contributed by atoms with Gasteiger partial charge in [-0.3, -0.25) is 0 Å². The quantitative estimate of drug-likeness (QED) is 0.0592. The van der Waals surface area contributed by atoms with Crippen LogP contribution in [0.25, 0.3) is 60.0 Å². The maximum atomic E-state index is 9.38. The van der Waals surface area contributed by atoms with Gasteiger partial charge in [0, 0.05) is 49.4 Å². The normalized spacial score (nSPS) is 19.8. The molecule has 9 rings (SSSR count). The SMILES string of the molecule is C=C1CC(CN=[N+]=[N-])CC2(C1)c1ccccc1-c1c2c2c(c3cc(-c4ccc(C)cc4)c(OC)cc13)OC(c1ccc(OC)cc1)(c1ccc(OCN=[N+]=[N-])cc1)C=C2. The predicted octanol–water partition coefficient (Wildman–Crippen LogP) is 12.8. The number of allylic oxidation sites excluding steroid dienone is 1. The highest BCUT2D eigenvalue weighted by atomic mass is 16.5. The average molecular weight is 779 g/mol. The van der Waals surface area contributed by atoms with Gasteiger partial charge >= 0.3 is 0 Å². The monoisotopic (exact) mass is 778 g/mol. The molecule has 10 nitrogen and oxygen atoms in total. The second kappa shape index (κ2) is 15.0. The molecule has 59 heavy (non-hydrogen) atoms. The molecule has 3 aliphatic rings. The lowest BCUT2D eigenvalue weighted by atomic mass is 9.62. The number of azide groups is 2. The van der Waals surface area contributed by atoms with Crippen LogP contribution in [0.5, 0.6) is 23.0 Å². The summed E-state index contributed by atoms with van der Waals surface area (Å²) in [7, 11) is 3.39. The topological polar surface area (TPSA) is 134 Å². The van der Waals surface area contributed by atoms with Crippen LogP contribution in [0, 0.1) is 12.8 Å². The lowest BCUT2D eigenvalue weighted by Crippen LogP contribution is -2.37. The van der Waals surface area contributed by atoms with E-state index in [9.17, 15) is 5.53 Å². The summed E-state index contributed by atoms with van der Waals surface area (Å²) >= 11 is 0. The van der Waals surface area contributed by atoms with Crippen LogP contribution in [0.15, 0.2) is 138 Å². The third-order valence-corrected chi connectivity index (χ3v) is 12.2. The molecule has 0 amide bonds. The molecule has 0 radical (unpaired) electrons. The maximum Gasteiger partial charge on any atom is 0.178 e. The zero-order valence-electron chi connectivity index (χ0n) is 33.2. The van der Waals surface area contributed by atoms with E-state index >= 15 is 0 Å². The van der Waals surface area contributed by atoms with Crippen molar-refractivity contribution >= 4 is 16.8 Å². The molecule has 0 N–H and O–H groups in total. The predicted molar refractivity (Wildman–Crippen MR) is 232 cm³/mol. The summed E-state index contributed by atoms with van der Waals surface area (Å²) < 4.78 is 25.2. The van der Waals surface area contributed by atoms with E-state index in [4.69, 9.17) is 24.5 Å². The highest BCUT2D eigenvalue weighted by Gasteiger charge is 2.51. The third-order valence-electron chi connectivity index (χ3n) is 12.2. The average Bonchev–Trinajstić information content (AvgIpc) is 3.54. The Labute approximate surface area is 342 Å². The van der Waals surface area contributed by atoms with Gasteiger partial charge in [-0.15, -0.1) is 0 Å². The fourth-order valence-electron chi connectivity index (χ4n) is 9.79. The molecule has 292 valence electrons. The van der Waals surface area contributed by atoms with E-state index in [0.29, 0.717) is 12.3 Å². The Morgan fingerprint density at radius 1 is 0.814 bits per heavy atom. The maximum absolute atomic E-state index is 9.38. The first-order chi connectivity index (χ1) is 28.8. The Balaban J connectivity index is 1.36. The molecule has 0 saturated heterocycles. The molecule has 6 aromatic rings. The summed E-state index contributed by atoms with van der Waals surface area (Å²) in [6, 6.07) is 37.3. The molecule has 2 aliphatic carbocycles. The van der Waals surface area contributed by atoms with Crippen molar-refractivity contribution in [1.29, 1.82) is 0 Å². The van der Waals surface area contributed by atoms with Crippen LogP contribution in [0.2, 0.25) is 0 Å². The first-order valence-corrected chi connectivity index (χ1v) is 19.7. The Morgan fingerprint density at radius 2 is 1.53 bits per heavy atom. The largest absolute Gasteiger partial charge is 0.497 e. The van der Waals surface area contributed by atoms with Crippen LogP contribution >= 0.6 is 0 Å². The minimum absolute atomic E-state index is 0.113. The van der Waals surface area contributed by atoms with Gasteiger partial charge in [0.1, 0.15) is 23.0 Å². The molecule has 3 atom stereocenters. The van der Waals surface area contributed by atoms with Gasteiger partial charge in [-0.2, -0.15) is 0 Å². The van der Waals surface area contributed by atoms with E-state index in [1.165, 1.54) is 22.3 Å². The summed E-state index contributed by atoms with van der Waals surface area (Å²) in [4.78, 5) is 5.96. The molecule has 0 aromatic heterocycles. The summed E-state index contributed by atoms with van der Waals surface area (Å²) in [6.45, 7) is 6.96. The van der Waals surface area contributed by atoms with Gasteiger partial charge < -0.3 is 18.9 Å².